The molecule has 0 N–H and O–H groups in total. The second kappa shape index (κ2) is 3.49. The van der Waals surface area contributed by atoms with Gasteiger partial charge in [0, 0.05) is 12.3 Å². The van der Waals surface area contributed by atoms with Gasteiger partial charge in [-0.05, 0) is 0 Å². The van der Waals surface area contributed by atoms with Crippen molar-refractivity contribution >= 4 is 0 Å². The maximum atomic E-state index is 10.2. The van der Waals surface area contributed by atoms with Gasteiger partial charge >= 0.3 is 18.9 Å². The molecule has 0 saturated heterocycles. The molecule has 0 aliphatic rings. The molecular weight excluding hydrogens is 115 g/mol. The van der Waals surface area contributed by atoms with E-state index in [1.54, 1.807) is 0 Å². The largest absolute Gasteiger partial charge is 1.00 e. The van der Waals surface area contributed by atoms with Gasteiger partial charge in [0.25, 0.3) is 0 Å². The first-order chi connectivity index (χ1) is 3.83. The number of hydrogen-bond donors (Lipinski definition) is 0. The van der Waals surface area contributed by atoms with E-state index in [4.69, 9.17) is 0 Å². The quantitative estimate of drug-likeness (QED) is 0.381. The zero-order valence-electron chi connectivity index (χ0n) is 5.38. The van der Waals surface area contributed by atoms with E-state index in [0.29, 0.717) is 5.75 Å². The molecular formula is C5H5LiO3. The first-order valence-corrected chi connectivity index (χ1v) is 2.12. The van der Waals surface area contributed by atoms with Crippen LogP contribution in [-0.4, -0.2) is 7.11 Å². The van der Waals surface area contributed by atoms with Crippen molar-refractivity contribution < 1.29 is 33.1 Å². The van der Waals surface area contributed by atoms with Crippen LogP contribution in [0.2, 0.25) is 0 Å². The third kappa shape index (κ3) is 2.04. The van der Waals surface area contributed by atoms with Crippen LogP contribution in [0.25, 0.3) is 0 Å². The Morgan fingerprint density at radius 1 is 1.67 bits per heavy atom. The maximum absolute atomic E-state index is 10.2. The summed E-state index contributed by atoms with van der Waals surface area (Å²) < 4.78 is 9.02. The van der Waals surface area contributed by atoms with Gasteiger partial charge in [-0.2, -0.15) is 0 Å². The van der Waals surface area contributed by atoms with Crippen molar-refractivity contribution in [2.45, 2.75) is 0 Å². The van der Waals surface area contributed by atoms with E-state index in [2.05, 4.69) is 9.15 Å². The minimum absolute atomic E-state index is 0. The van der Waals surface area contributed by atoms with Crippen molar-refractivity contribution in [2.24, 2.45) is 0 Å². The molecule has 1 rings (SSSR count). The summed E-state index contributed by atoms with van der Waals surface area (Å²) >= 11 is 0. The van der Waals surface area contributed by atoms with Crippen LogP contribution in [0.5, 0.6) is 11.7 Å². The van der Waals surface area contributed by atoms with Crippen LogP contribution in [0.15, 0.2) is 16.7 Å². The molecule has 0 fully saturated rings. The number of ether oxygens (including phenoxy) is 1. The number of rotatable bonds is 1. The monoisotopic (exact) mass is 120 g/mol. The van der Waals surface area contributed by atoms with Gasteiger partial charge in [0.2, 0.25) is 0 Å². The average Bonchev–Trinajstić information content (AvgIpc) is 2.14. The molecule has 0 spiro atoms. The van der Waals surface area contributed by atoms with Crippen LogP contribution in [-0.2, 0) is 0 Å². The number of hydrogen-bond acceptors (Lipinski definition) is 3. The average molecular weight is 120 g/mol. The fourth-order valence-corrected chi connectivity index (χ4v) is 0.407. The van der Waals surface area contributed by atoms with Crippen molar-refractivity contribution in [1.29, 1.82) is 0 Å². The zero-order valence-corrected chi connectivity index (χ0v) is 5.38. The molecule has 0 atom stereocenters. The summed E-state index contributed by atoms with van der Waals surface area (Å²) in [6.07, 6.45) is 1.27. The molecule has 0 aromatic carbocycles. The van der Waals surface area contributed by atoms with Crippen LogP contribution >= 0.6 is 0 Å². The molecule has 0 bridgehead atoms. The Hall–Kier alpha value is -0.523. The summed E-state index contributed by atoms with van der Waals surface area (Å²) in [5, 5.41) is 10.2. The fraction of sp³-hybridized carbons (Fsp3) is 0.200. The zero-order chi connectivity index (χ0) is 5.98. The van der Waals surface area contributed by atoms with Gasteiger partial charge in [0.1, 0.15) is 5.75 Å². The van der Waals surface area contributed by atoms with Gasteiger partial charge < -0.3 is 14.3 Å². The smallest absolute Gasteiger partial charge is 0.583 e. The summed E-state index contributed by atoms with van der Waals surface area (Å²) in [7, 11) is 1.48. The minimum Gasteiger partial charge on any atom is -0.583 e. The number of furan rings is 1. The fourth-order valence-electron chi connectivity index (χ4n) is 0.407. The Morgan fingerprint density at radius 3 is 2.56 bits per heavy atom. The second-order valence-corrected chi connectivity index (χ2v) is 1.31. The molecule has 0 aliphatic carbocycles. The topological polar surface area (TPSA) is 45.4 Å². The molecule has 0 amide bonds. The molecule has 1 heterocycles. The predicted molar refractivity (Wildman–Crippen MR) is 24.7 cm³/mol. The molecule has 1 aromatic heterocycles. The molecule has 0 aliphatic heterocycles. The van der Waals surface area contributed by atoms with Crippen molar-refractivity contribution in [3.05, 3.63) is 12.3 Å². The van der Waals surface area contributed by atoms with Crippen molar-refractivity contribution in [3.63, 3.8) is 0 Å². The van der Waals surface area contributed by atoms with Crippen LogP contribution in [0.1, 0.15) is 0 Å². The molecule has 3 nitrogen and oxygen atoms in total. The molecule has 0 saturated carbocycles. The predicted octanol–water partition coefficient (Wildman–Crippen LogP) is -2.63. The van der Waals surface area contributed by atoms with E-state index in [0.717, 1.165) is 0 Å². The first kappa shape index (κ1) is 8.48. The van der Waals surface area contributed by atoms with Crippen LogP contribution in [0.3, 0.4) is 0 Å². The van der Waals surface area contributed by atoms with E-state index in [-0.39, 0.29) is 24.8 Å². The Balaban J connectivity index is 0.000000640. The van der Waals surface area contributed by atoms with Crippen LogP contribution < -0.4 is 28.7 Å². The standard InChI is InChI=1S/C5H6O3.Li/c1-7-4-2-5(6)8-3-4;/h2-3,6H,1H3;/q;+1/p-1. The Bertz CT molecular complexity index is 172. The summed E-state index contributed by atoms with van der Waals surface area (Å²) in [4.78, 5) is 0. The van der Waals surface area contributed by atoms with E-state index >= 15 is 0 Å². The molecule has 44 valence electrons. The molecule has 1 aromatic rings. The van der Waals surface area contributed by atoms with Crippen LogP contribution in [0, 0.1) is 0 Å². The first-order valence-electron chi connectivity index (χ1n) is 2.12. The normalized spacial score (nSPS) is 8.11. The van der Waals surface area contributed by atoms with Gasteiger partial charge in [-0.25, -0.2) is 0 Å². The van der Waals surface area contributed by atoms with E-state index in [9.17, 15) is 5.11 Å². The molecule has 0 unspecified atom stereocenters. The third-order valence-corrected chi connectivity index (χ3v) is 0.787. The van der Waals surface area contributed by atoms with E-state index in [1.807, 2.05) is 0 Å². The maximum Gasteiger partial charge on any atom is 1.00 e. The van der Waals surface area contributed by atoms with Gasteiger partial charge in [-0.1, -0.05) is 0 Å². The summed E-state index contributed by atoms with van der Waals surface area (Å²) in [5.74, 6) is 0.0943. The van der Waals surface area contributed by atoms with Crippen molar-refractivity contribution in [2.75, 3.05) is 7.11 Å². The molecule has 0 radical (unpaired) electrons. The second-order valence-electron chi connectivity index (χ2n) is 1.31. The van der Waals surface area contributed by atoms with Gasteiger partial charge in [-0.3, -0.25) is 0 Å². The van der Waals surface area contributed by atoms with Crippen LogP contribution in [0.4, 0.5) is 0 Å². The van der Waals surface area contributed by atoms with E-state index < -0.39 is 0 Å². The third-order valence-electron chi connectivity index (χ3n) is 0.787. The van der Waals surface area contributed by atoms with Gasteiger partial charge in [0.15, 0.2) is 0 Å². The Labute approximate surface area is 64.8 Å². The summed E-state index contributed by atoms with van der Waals surface area (Å²) in [6.45, 7) is 0. The summed E-state index contributed by atoms with van der Waals surface area (Å²) in [6, 6.07) is 1.28. The van der Waals surface area contributed by atoms with Crippen molar-refractivity contribution in [1.82, 2.24) is 0 Å². The van der Waals surface area contributed by atoms with Gasteiger partial charge in [0.05, 0.1) is 13.1 Å². The minimum atomic E-state index is -0.373. The number of methoxy groups -OCH3 is 1. The molecule has 9 heavy (non-hydrogen) atoms. The van der Waals surface area contributed by atoms with Gasteiger partial charge in [-0.15, -0.1) is 0 Å². The SMILES string of the molecule is COc1coc([O-])c1.[Li+]. The Morgan fingerprint density at radius 2 is 2.33 bits per heavy atom. The summed E-state index contributed by atoms with van der Waals surface area (Å²) in [5.41, 5.74) is 0. The van der Waals surface area contributed by atoms with Crippen molar-refractivity contribution in [3.8, 4) is 11.7 Å². The molecule has 4 heteroatoms. The Kier molecular flexibility index (Phi) is 3.29. The van der Waals surface area contributed by atoms with E-state index in [1.165, 1.54) is 19.4 Å².